The van der Waals surface area contributed by atoms with Crippen LogP contribution in [0.25, 0.3) is 5.95 Å². The number of nitrogens with two attached hydrogens (primary N) is 1. The molecule has 1 unspecified atom stereocenters. The second kappa shape index (κ2) is 8.65. The van der Waals surface area contributed by atoms with Crippen molar-refractivity contribution in [3.05, 3.63) is 83.2 Å². The van der Waals surface area contributed by atoms with E-state index in [-0.39, 0.29) is 5.91 Å². The molecule has 0 saturated heterocycles. The normalized spacial score (nSPS) is 12.0. The molecule has 0 radical (unpaired) electrons. The van der Waals surface area contributed by atoms with E-state index in [4.69, 9.17) is 5.84 Å². The van der Waals surface area contributed by atoms with E-state index >= 15 is 0 Å². The van der Waals surface area contributed by atoms with E-state index in [2.05, 4.69) is 20.6 Å². The predicted octanol–water partition coefficient (Wildman–Crippen LogP) is 3.57. The number of nitrogens with zero attached hydrogens (tertiary/aromatic N) is 5. The molecular formula is C22H23N7OS. The standard InChI is InChI=1S/C22H23N7OS/c1-14-9-11-18(12-10-14)24-20(30)19(17-7-5-4-6-8-17)31-22-26-25-21(28(22)23)29-16(3)13-15(2)27-29/h4-13,19H,23H2,1-3H3,(H,24,30). The van der Waals surface area contributed by atoms with Crippen LogP contribution in [0.2, 0.25) is 0 Å². The van der Waals surface area contributed by atoms with Crippen molar-refractivity contribution in [2.24, 2.45) is 0 Å². The van der Waals surface area contributed by atoms with Crippen LogP contribution in [0.4, 0.5) is 5.69 Å². The Morgan fingerprint density at radius 3 is 2.39 bits per heavy atom. The van der Waals surface area contributed by atoms with Crippen LogP contribution >= 0.6 is 11.8 Å². The molecule has 2 heterocycles. The van der Waals surface area contributed by atoms with E-state index in [0.29, 0.717) is 11.1 Å². The van der Waals surface area contributed by atoms with Gasteiger partial charge >= 0.3 is 0 Å². The van der Waals surface area contributed by atoms with Gasteiger partial charge in [0.1, 0.15) is 5.25 Å². The van der Waals surface area contributed by atoms with Gasteiger partial charge in [0.25, 0.3) is 5.95 Å². The molecule has 2 aromatic heterocycles. The van der Waals surface area contributed by atoms with Gasteiger partial charge in [0.2, 0.25) is 11.1 Å². The first kappa shape index (κ1) is 20.7. The number of carbonyl (C=O) groups is 1. The Bertz CT molecular complexity index is 1200. The highest BCUT2D eigenvalue weighted by Crippen LogP contribution is 2.35. The maximum absolute atomic E-state index is 13.2. The topological polar surface area (TPSA) is 104 Å². The van der Waals surface area contributed by atoms with Crippen LogP contribution in [-0.2, 0) is 4.79 Å². The summed E-state index contributed by atoms with van der Waals surface area (Å²) in [6, 6.07) is 19.1. The predicted molar refractivity (Wildman–Crippen MR) is 122 cm³/mol. The molecule has 0 bridgehead atoms. The maximum Gasteiger partial charge on any atom is 0.271 e. The Morgan fingerprint density at radius 2 is 1.74 bits per heavy atom. The molecule has 4 aromatic rings. The number of nitrogen functional groups attached to an aromatic ring is 1. The number of anilines is 1. The van der Waals surface area contributed by atoms with Gasteiger partial charge in [-0.15, -0.1) is 10.2 Å². The van der Waals surface area contributed by atoms with Crippen molar-refractivity contribution in [2.75, 3.05) is 11.2 Å². The number of aromatic nitrogens is 5. The van der Waals surface area contributed by atoms with E-state index in [0.717, 1.165) is 28.2 Å². The molecule has 0 aliphatic carbocycles. The third-order valence-corrected chi connectivity index (χ3v) is 5.94. The fraction of sp³-hybridized carbons (Fsp3) is 0.182. The fourth-order valence-corrected chi connectivity index (χ4v) is 4.13. The molecule has 0 aliphatic rings. The van der Waals surface area contributed by atoms with Crippen molar-refractivity contribution in [3.63, 3.8) is 0 Å². The van der Waals surface area contributed by atoms with Crippen molar-refractivity contribution in [1.82, 2.24) is 24.7 Å². The monoisotopic (exact) mass is 433 g/mol. The van der Waals surface area contributed by atoms with Crippen LogP contribution in [0.15, 0.2) is 65.8 Å². The molecule has 0 fully saturated rings. The lowest BCUT2D eigenvalue weighted by atomic mass is 10.1. The number of hydrogen-bond donors (Lipinski definition) is 2. The molecular weight excluding hydrogens is 410 g/mol. The summed E-state index contributed by atoms with van der Waals surface area (Å²) in [5, 5.41) is 15.7. The van der Waals surface area contributed by atoms with Gasteiger partial charge in [-0.3, -0.25) is 4.79 Å². The second-order valence-corrected chi connectivity index (χ2v) is 8.33. The van der Waals surface area contributed by atoms with Gasteiger partial charge < -0.3 is 11.2 Å². The van der Waals surface area contributed by atoms with Crippen LogP contribution in [0.5, 0.6) is 0 Å². The average molecular weight is 434 g/mol. The third kappa shape index (κ3) is 4.46. The summed E-state index contributed by atoms with van der Waals surface area (Å²) in [5.74, 6) is 6.50. The zero-order valence-electron chi connectivity index (χ0n) is 17.5. The number of nitrogens with one attached hydrogen (secondary N) is 1. The Kier molecular flexibility index (Phi) is 5.77. The number of carbonyl (C=O) groups excluding carboxylic acids is 1. The summed E-state index contributed by atoms with van der Waals surface area (Å²) in [7, 11) is 0. The van der Waals surface area contributed by atoms with Gasteiger partial charge in [-0.1, -0.05) is 59.8 Å². The molecule has 0 aliphatic heterocycles. The zero-order chi connectivity index (χ0) is 22.0. The summed E-state index contributed by atoms with van der Waals surface area (Å²) < 4.78 is 3.00. The van der Waals surface area contributed by atoms with E-state index in [9.17, 15) is 4.79 Å². The lowest BCUT2D eigenvalue weighted by Gasteiger charge is -2.16. The Balaban J connectivity index is 1.63. The summed E-state index contributed by atoms with van der Waals surface area (Å²) in [5.41, 5.74) is 4.45. The Labute approximate surface area is 184 Å². The molecule has 8 nitrogen and oxygen atoms in total. The zero-order valence-corrected chi connectivity index (χ0v) is 18.3. The molecule has 158 valence electrons. The number of hydrogen-bond acceptors (Lipinski definition) is 6. The quantitative estimate of drug-likeness (QED) is 0.356. The number of rotatable bonds is 6. The van der Waals surface area contributed by atoms with Gasteiger partial charge in [0.15, 0.2) is 0 Å². The van der Waals surface area contributed by atoms with E-state index < -0.39 is 5.25 Å². The Hall–Kier alpha value is -3.59. The van der Waals surface area contributed by atoms with Gasteiger partial charge in [-0.25, -0.2) is 9.36 Å². The lowest BCUT2D eigenvalue weighted by molar-refractivity contribution is -0.115. The second-order valence-electron chi connectivity index (χ2n) is 7.26. The summed E-state index contributed by atoms with van der Waals surface area (Å²) in [6.45, 7) is 5.82. The van der Waals surface area contributed by atoms with Crippen molar-refractivity contribution < 1.29 is 4.79 Å². The molecule has 9 heteroatoms. The van der Waals surface area contributed by atoms with E-state index in [1.165, 1.54) is 16.4 Å². The molecule has 4 rings (SSSR count). The number of amides is 1. The number of benzene rings is 2. The first-order valence-corrected chi connectivity index (χ1v) is 10.6. The lowest BCUT2D eigenvalue weighted by Crippen LogP contribution is -2.21. The van der Waals surface area contributed by atoms with Gasteiger partial charge in [-0.2, -0.15) is 5.10 Å². The highest BCUT2D eigenvalue weighted by Gasteiger charge is 2.26. The van der Waals surface area contributed by atoms with Crippen LogP contribution in [-0.4, -0.2) is 30.6 Å². The largest absolute Gasteiger partial charge is 0.334 e. The molecule has 0 spiro atoms. The van der Waals surface area contributed by atoms with Crippen molar-refractivity contribution in [1.29, 1.82) is 0 Å². The van der Waals surface area contributed by atoms with Gasteiger partial charge in [-0.05, 0) is 44.5 Å². The number of thioether (sulfide) groups is 1. The summed E-state index contributed by atoms with van der Waals surface area (Å²) in [4.78, 5) is 13.2. The minimum atomic E-state index is -0.567. The third-order valence-electron chi connectivity index (χ3n) is 4.73. The smallest absolute Gasteiger partial charge is 0.271 e. The summed E-state index contributed by atoms with van der Waals surface area (Å²) in [6.07, 6.45) is 0. The van der Waals surface area contributed by atoms with Crippen molar-refractivity contribution >= 4 is 23.4 Å². The number of aryl methyl sites for hydroxylation is 3. The SMILES string of the molecule is Cc1ccc(NC(=O)C(Sc2nnc(-n3nc(C)cc3C)n2N)c2ccccc2)cc1. The van der Waals surface area contributed by atoms with Crippen LogP contribution in [0, 0.1) is 20.8 Å². The van der Waals surface area contributed by atoms with E-state index in [1.807, 2.05) is 81.4 Å². The van der Waals surface area contributed by atoms with Crippen LogP contribution in [0.1, 0.15) is 27.8 Å². The fourth-order valence-electron chi connectivity index (χ4n) is 3.18. The van der Waals surface area contributed by atoms with Gasteiger partial charge in [0, 0.05) is 11.4 Å². The van der Waals surface area contributed by atoms with Crippen LogP contribution in [0.3, 0.4) is 0 Å². The van der Waals surface area contributed by atoms with Crippen molar-refractivity contribution in [3.8, 4) is 5.95 Å². The van der Waals surface area contributed by atoms with Crippen molar-refractivity contribution in [2.45, 2.75) is 31.2 Å². The Morgan fingerprint density at radius 1 is 1.03 bits per heavy atom. The maximum atomic E-state index is 13.2. The minimum Gasteiger partial charge on any atom is -0.334 e. The molecule has 0 saturated carbocycles. The highest BCUT2D eigenvalue weighted by atomic mass is 32.2. The minimum absolute atomic E-state index is 0.171. The summed E-state index contributed by atoms with van der Waals surface area (Å²) >= 11 is 1.24. The highest BCUT2D eigenvalue weighted by molar-refractivity contribution is 8.00. The molecule has 1 amide bonds. The molecule has 31 heavy (non-hydrogen) atoms. The van der Waals surface area contributed by atoms with Crippen LogP contribution < -0.4 is 11.2 Å². The van der Waals surface area contributed by atoms with Gasteiger partial charge in [0.05, 0.1) is 5.69 Å². The first-order chi connectivity index (χ1) is 14.9. The van der Waals surface area contributed by atoms with E-state index in [1.54, 1.807) is 4.68 Å². The average Bonchev–Trinajstić information content (AvgIpc) is 3.28. The molecule has 1 atom stereocenters. The first-order valence-electron chi connectivity index (χ1n) is 9.75. The molecule has 2 aromatic carbocycles. The molecule has 3 N–H and O–H groups in total.